The number of nitrogens with zero attached hydrogens (tertiary/aromatic N) is 1. The van der Waals surface area contributed by atoms with Gasteiger partial charge in [-0.15, -0.1) is 0 Å². The fourth-order valence-corrected chi connectivity index (χ4v) is 4.41. The first kappa shape index (κ1) is 19.6. The zero-order valence-electron chi connectivity index (χ0n) is 13.1. The number of ether oxygens (including phenoxy) is 1. The van der Waals surface area contributed by atoms with Crippen LogP contribution >= 0.6 is 62.5 Å². The lowest BCUT2D eigenvalue weighted by atomic mass is 10.2. The summed E-state index contributed by atoms with van der Waals surface area (Å²) in [5, 5.41) is 4.30. The number of carbonyl (C=O) groups is 1. The third-order valence-corrected chi connectivity index (χ3v) is 5.92. The summed E-state index contributed by atoms with van der Waals surface area (Å²) in [6, 6.07) is 8.66. The molecule has 0 aromatic heterocycles. The van der Waals surface area contributed by atoms with Gasteiger partial charge in [-0.2, -0.15) is 0 Å². The van der Waals surface area contributed by atoms with Crippen LogP contribution in [0.15, 0.2) is 44.7 Å². The lowest BCUT2D eigenvalue weighted by molar-refractivity contribution is -0.115. The standard InChI is InChI=1S/C17H10BrCl3N2O2S/c1-25-15-9(18)5-8(6-11(15)20)7-13-16(24)23-17(26-13)22-12-4-2-3-10(19)14(12)21/h2-7H,1H3,(H,22,23,24)/b13-7-. The van der Waals surface area contributed by atoms with E-state index >= 15 is 0 Å². The zero-order chi connectivity index (χ0) is 18.8. The monoisotopic (exact) mass is 490 g/mol. The van der Waals surface area contributed by atoms with E-state index in [1.54, 1.807) is 30.3 Å². The first-order valence-corrected chi connectivity index (χ1v) is 9.90. The maximum atomic E-state index is 12.2. The Morgan fingerprint density at radius 1 is 1.23 bits per heavy atom. The van der Waals surface area contributed by atoms with Gasteiger partial charge in [0.05, 0.1) is 37.2 Å². The second-order valence-electron chi connectivity index (χ2n) is 5.07. The van der Waals surface area contributed by atoms with Gasteiger partial charge in [-0.3, -0.25) is 4.79 Å². The average Bonchev–Trinajstić information content (AvgIpc) is 2.91. The number of halogens is 4. The highest BCUT2D eigenvalue weighted by Gasteiger charge is 2.24. The molecule has 3 rings (SSSR count). The summed E-state index contributed by atoms with van der Waals surface area (Å²) in [7, 11) is 1.54. The Balaban J connectivity index is 1.89. The van der Waals surface area contributed by atoms with Crippen LogP contribution in [0.1, 0.15) is 5.56 Å². The molecule has 9 heteroatoms. The number of hydrogen-bond acceptors (Lipinski definition) is 4. The summed E-state index contributed by atoms with van der Waals surface area (Å²) in [4.78, 5) is 17.1. The Kier molecular flexibility index (Phi) is 6.20. The van der Waals surface area contributed by atoms with Gasteiger partial charge in [0.1, 0.15) is 0 Å². The van der Waals surface area contributed by atoms with Crippen molar-refractivity contribution < 1.29 is 9.53 Å². The van der Waals surface area contributed by atoms with E-state index < -0.39 is 0 Å². The molecule has 1 saturated heterocycles. The molecule has 0 radical (unpaired) electrons. The molecule has 1 N–H and O–H groups in total. The number of amidine groups is 1. The first-order valence-electron chi connectivity index (χ1n) is 7.15. The molecule has 1 amide bonds. The third kappa shape index (κ3) is 4.21. The highest BCUT2D eigenvalue weighted by Crippen LogP contribution is 2.37. The van der Waals surface area contributed by atoms with Crippen molar-refractivity contribution in [3.05, 3.63) is 60.3 Å². The molecule has 26 heavy (non-hydrogen) atoms. The maximum Gasteiger partial charge on any atom is 0.264 e. The van der Waals surface area contributed by atoms with E-state index in [-0.39, 0.29) is 5.91 Å². The summed E-state index contributed by atoms with van der Waals surface area (Å²) in [5.74, 6) is 0.283. The van der Waals surface area contributed by atoms with Gasteiger partial charge < -0.3 is 10.1 Å². The van der Waals surface area contributed by atoms with Crippen LogP contribution in [0, 0.1) is 0 Å². The SMILES string of the molecule is COc1c(Cl)cc(/C=C2\SC(=Nc3cccc(Cl)c3Cl)NC2=O)cc1Br. The summed E-state index contributed by atoms with van der Waals surface area (Å²) in [5.41, 5.74) is 1.24. The van der Waals surface area contributed by atoms with Gasteiger partial charge in [0.2, 0.25) is 0 Å². The second kappa shape index (κ2) is 8.23. The van der Waals surface area contributed by atoms with E-state index in [0.717, 1.165) is 5.56 Å². The van der Waals surface area contributed by atoms with Crippen LogP contribution in [0.2, 0.25) is 15.1 Å². The Labute approximate surface area is 177 Å². The first-order chi connectivity index (χ1) is 12.4. The number of aliphatic imine (C=N–C) groups is 1. The lowest BCUT2D eigenvalue weighted by Gasteiger charge is -2.07. The molecular weight excluding hydrogens is 483 g/mol. The molecule has 1 aliphatic heterocycles. The van der Waals surface area contributed by atoms with Crippen LogP contribution in [0.4, 0.5) is 5.69 Å². The van der Waals surface area contributed by atoms with E-state index in [9.17, 15) is 4.79 Å². The second-order valence-corrected chi connectivity index (χ2v) is 8.15. The van der Waals surface area contributed by atoms with Crippen LogP contribution < -0.4 is 10.1 Å². The van der Waals surface area contributed by atoms with Crippen LogP contribution in [0.5, 0.6) is 5.75 Å². The van der Waals surface area contributed by atoms with Gasteiger partial charge in [0.25, 0.3) is 5.91 Å². The Hall–Kier alpha value is -1.18. The molecule has 0 atom stereocenters. The zero-order valence-corrected chi connectivity index (χ0v) is 17.8. The van der Waals surface area contributed by atoms with Crippen molar-refractivity contribution in [3.8, 4) is 5.75 Å². The van der Waals surface area contributed by atoms with Crippen LogP contribution in [0.25, 0.3) is 6.08 Å². The van der Waals surface area contributed by atoms with Crippen molar-refractivity contribution in [1.29, 1.82) is 0 Å². The highest BCUT2D eigenvalue weighted by molar-refractivity contribution is 9.10. The van der Waals surface area contributed by atoms with Crippen LogP contribution in [-0.4, -0.2) is 18.2 Å². The number of hydrogen-bond donors (Lipinski definition) is 1. The van der Waals surface area contributed by atoms with Gasteiger partial charge in [-0.05, 0) is 63.6 Å². The largest absolute Gasteiger partial charge is 0.494 e. The molecule has 1 fully saturated rings. The summed E-state index contributed by atoms with van der Waals surface area (Å²) < 4.78 is 5.90. The number of benzene rings is 2. The quantitative estimate of drug-likeness (QED) is 0.511. The van der Waals surface area contributed by atoms with Gasteiger partial charge in [-0.25, -0.2) is 4.99 Å². The van der Waals surface area contributed by atoms with Crippen LogP contribution in [0.3, 0.4) is 0 Å². The minimum atomic E-state index is -0.255. The normalized spacial score (nSPS) is 17.0. The predicted molar refractivity (Wildman–Crippen MR) is 113 cm³/mol. The summed E-state index contributed by atoms with van der Waals surface area (Å²) in [6.45, 7) is 0. The molecule has 0 spiro atoms. The van der Waals surface area contributed by atoms with Crippen molar-refractivity contribution in [3.63, 3.8) is 0 Å². The summed E-state index contributed by atoms with van der Waals surface area (Å²) >= 11 is 22.9. The van der Waals surface area contributed by atoms with E-state index in [1.165, 1.54) is 18.9 Å². The molecule has 0 unspecified atom stereocenters. The predicted octanol–water partition coefficient (Wildman–Crippen LogP) is 6.31. The Bertz CT molecular complexity index is 940. The van der Waals surface area contributed by atoms with Crippen molar-refractivity contribution in [2.45, 2.75) is 0 Å². The Morgan fingerprint density at radius 2 is 2.00 bits per heavy atom. The number of amides is 1. The molecule has 1 heterocycles. The molecule has 134 valence electrons. The lowest BCUT2D eigenvalue weighted by Crippen LogP contribution is -2.19. The molecule has 0 bridgehead atoms. The summed E-state index contributed by atoms with van der Waals surface area (Å²) in [6.07, 6.45) is 1.72. The number of thioether (sulfide) groups is 1. The smallest absolute Gasteiger partial charge is 0.264 e. The van der Waals surface area contributed by atoms with Gasteiger partial charge in [-0.1, -0.05) is 40.9 Å². The topological polar surface area (TPSA) is 50.7 Å². The average molecular weight is 493 g/mol. The molecule has 0 saturated carbocycles. The van der Waals surface area contributed by atoms with E-state index in [0.29, 0.717) is 41.1 Å². The number of methoxy groups -OCH3 is 1. The van der Waals surface area contributed by atoms with Crippen molar-refractivity contribution in [2.24, 2.45) is 4.99 Å². The van der Waals surface area contributed by atoms with Gasteiger partial charge in [0, 0.05) is 0 Å². The van der Waals surface area contributed by atoms with E-state index in [1.807, 2.05) is 6.07 Å². The fourth-order valence-electron chi connectivity index (χ4n) is 2.18. The Morgan fingerprint density at radius 3 is 2.69 bits per heavy atom. The minimum Gasteiger partial charge on any atom is -0.494 e. The fraction of sp³-hybridized carbons (Fsp3) is 0.0588. The minimum absolute atomic E-state index is 0.255. The van der Waals surface area contributed by atoms with E-state index in [4.69, 9.17) is 39.5 Å². The maximum absolute atomic E-state index is 12.2. The molecular formula is C17H10BrCl3N2O2S. The van der Waals surface area contributed by atoms with Gasteiger partial charge in [0.15, 0.2) is 10.9 Å². The third-order valence-electron chi connectivity index (χ3n) is 3.33. The van der Waals surface area contributed by atoms with E-state index in [2.05, 4.69) is 26.2 Å². The highest BCUT2D eigenvalue weighted by atomic mass is 79.9. The van der Waals surface area contributed by atoms with Crippen LogP contribution in [-0.2, 0) is 4.79 Å². The van der Waals surface area contributed by atoms with Crippen molar-refractivity contribution in [2.75, 3.05) is 7.11 Å². The van der Waals surface area contributed by atoms with Gasteiger partial charge >= 0.3 is 0 Å². The van der Waals surface area contributed by atoms with Crippen molar-refractivity contribution >= 4 is 85.3 Å². The molecule has 2 aromatic carbocycles. The van der Waals surface area contributed by atoms with Crippen molar-refractivity contribution in [1.82, 2.24) is 5.32 Å². The number of rotatable bonds is 3. The molecule has 0 aliphatic carbocycles. The molecule has 1 aliphatic rings. The number of carbonyl (C=O) groups excluding carboxylic acids is 1. The molecule has 2 aromatic rings. The molecule has 4 nitrogen and oxygen atoms in total. The number of nitrogens with one attached hydrogen (secondary N) is 1.